The molecule has 2 aromatic rings. The van der Waals surface area contributed by atoms with Crippen LogP contribution in [-0.2, 0) is 7.05 Å². The number of aromatic nitrogens is 3. The molecule has 0 fully saturated rings. The summed E-state index contributed by atoms with van der Waals surface area (Å²) in [5.41, 5.74) is 0. The summed E-state index contributed by atoms with van der Waals surface area (Å²) in [4.78, 5) is 15.7. The molecule has 1 aliphatic rings. The summed E-state index contributed by atoms with van der Waals surface area (Å²) < 4.78 is 12.6. The minimum absolute atomic E-state index is 0.0274. The smallest absolute Gasteiger partial charge is 0.291 e. The molecule has 0 saturated heterocycles. The van der Waals surface area contributed by atoms with Gasteiger partial charge in [0.25, 0.3) is 5.91 Å². The second-order valence-electron chi connectivity index (χ2n) is 4.54. The monoisotopic (exact) mass is 308 g/mol. The van der Waals surface area contributed by atoms with Gasteiger partial charge in [0.15, 0.2) is 11.5 Å². The summed E-state index contributed by atoms with van der Waals surface area (Å²) in [5, 5.41) is 6.76. The van der Waals surface area contributed by atoms with Crippen molar-refractivity contribution in [3.63, 3.8) is 0 Å². The highest BCUT2D eigenvalue weighted by Crippen LogP contribution is 2.30. The quantitative estimate of drug-likeness (QED) is 0.916. The molecule has 0 spiro atoms. The number of carbonyl (C=O) groups excluding carboxylic acids is 1. The number of aryl methyl sites for hydroxylation is 1. The summed E-state index contributed by atoms with van der Waals surface area (Å²) in [5.74, 6) is 1.000. The van der Waals surface area contributed by atoms with E-state index in [2.05, 4.69) is 15.4 Å². The number of hydrogen-bond donors (Lipinski definition) is 1. The molecule has 1 N–H and O–H groups in total. The maximum atomic E-state index is 11.9. The van der Waals surface area contributed by atoms with Gasteiger partial charge in [0.05, 0.1) is 6.54 Å². The third-order valence-corrected chi connectivity index (χ3v) is 3.30. The number of ether oxygens (including phenoxy) is 2. The first-order chi connectivity index (χ1) is 10.1. The molecule has 1 atom stereocenters. The van der Waals surface area contributed by atoms with Crippen molar-refractivity contribution in [2.24, 2.45) is 7.05 Å². The van der Waals surface area contributed by atoms with Crippen molar-refractivity contribution >= 4 is 17.5 Å². The number of nitrogens with zero attached hydrogens (tertiary/aromatic N) is 3. The van der Waals surface area contributed by atoms with Crippen LogP contribution >= 0.6 is 11.6 Å². The Morgan fingerprint density at radius 2 is 2.24 bits per heavy atom. The molecule has 1 amide bonds. The molecule has 8 heteroatoms. The molecule has 1 aromatic heterocycles. The van der Waals surface area contributed by atoms with Gasteiger partial charge in [-0.3, -0.25) is 4.79 Å². The molecule has 0 radical (unpaired) electrons. The maximum absolute atomic E-state index is 11.9. The summed E-state index contributed by atoms with van der Waals surface area (Å²) in [7, 11) is 1.61. The SMILES string of the molecule is Cn1nc(C(=O)NCC2COc3ccccc3O2)nc1Cl. The number of rotatable bonds is 3. The van der Waals surface area contributed by atoms with Crippen LogP contribution in [-0.4, -0.2) is 39.9 Å². The maximum Gasteiger partial charge on any atom is 0.291 e. The van der Waals surface area contributed by atoms with E-state index in [9.17, 15) is 4.79 Å². The Morgan fingerprint density at radius 3 is 2.95 bits per heavy atom. The fraction of sp³-hybridized carbons (Fsp3) is 0.308. The number of amides is 1. The average molecular weight is 309 g/mol. The first-order valence-corrected chi connectivity index (χ1v) is 6.74. The van der Waals surface area contributed by atoms with Crippen molar-refractivity contribution in [2.75, 3.05) is 13.2 Å². The Balaban J connectivity index is 1.58. The first kappa shape index (κ1) is 13.7. The molecule has 0 saturated carbocycles. The molecule has 1 unspecified atom stereocenters. The van der Waals surface area contributed by atoms with Crippen molar-refractivity contribution in [3.8, 4) is 11.5 Å². The summed E-state index contributed by atoms with van der Waals surface area (Å²) in [6.45, 7) is 0.663. The number of para-hydroxylation sites is 2. The molecule has 2 heterocycles. The zero-order valence-electron chi connectivity index (χ0n) is 11.2. The average Bonchev–Trinajstić information content (AvgIpc) is 2.84. The molecule has 21 heavy (non-hydrogen) atoms. The van der Waals surface area contributed by atoms with Crippen LogP contribution in [0, 0.1) is 0 Å². The Labute approximate surface area is 125 Å². The molecule has 110 valence electrons. The Kier molecular flexibility index (Phi) is 3.66. The van der Waals surface area contributed by atoms with Gasteiger partial charge in [0, 0.05) is 7.05 Å². The van der Waals surface area contributed by atoms with Gasteiger partial charge >= 0.3 is 0 Å². The standard InChI is InChI=1S/C13H13ClN4O3/c1-18-13(14)16-11(17-18)12(19)15-6-8-7-20-9-4-2-3-5-10(9)21-8/h2-5,8H,6-7H2,1H3,(H,15,19). The highest BCUT2D eigenvalue weighted by atomic mass is 35.5. The van der Waals surface area contributed by atoms with Crippen LogP contribution in [0.2, 0.25) is 5.28 Å². The summed E-state index contributed by atoms with van der Waals surface area (Å²) >= 11 is 5.74. The van der Waals surface area contributed by atoms with Gasteiger partial charge < -0.3 is 14.8 Å². The van der Waals surface area contributed by atoms with E-state index < -0.39 is 5.91 Å². The van der Waals surface area contributed by atoms with Gasteiger partial charge in [-0.25, -0.2) is 4.68 Å². The van der Waals surface area contributed by atoms with Crippen LogP contribution in [0.15, 0.2) is 24.3 Å². The lowest BCUT2D eigenvalue weighted by molar-refractivity contribution is 0.0783. The zero-order chi connectivity index (χ0) is 14.8. The predicted molar refractivity (Wildman–Crippen MR) is 74.7 cm³/mol. The van der Waals surface area contributed by atoms with Crippen LogP contribution in [0.3, 0.4) is 0 Å². The van der Waals surface area contributed by atoms with Crippen molar-refractivity contribution in [3.05, 3.63) is 35.4 Å². The second-order valence-corrected chi connectivity index (χ2v) is 4.87. The predicted octanol–water partition coefficient (Wildman–Crippen LogP) is 1.04. The number of halogens is 1. The fourth-order valence-electron chi connectivity index (χ4n) is 1.91. The molecule has 0 aliphatic carbocycles. The third-order valence-electron chi connectivity index (χ3n) is 2.97. The Morgan fingerprint density at radius 1 is 1.48 bits per heavy atom. The number of fused-ring (bicyclic) bond motifs is 1. The van der Waals surface area contributed by atoms with Crippen LogP contribution in [0.4, 0.5) is 0 Å². The second kappa shape index (κ2) is 5.61. The number of carbonyl (C=O) groups is 1. The van der Waals surface area contributed by atoms with Gasteiger partial charge in [-0.1, -0.05) is 12.1 Å². The lowest BCUT2D eigenvalue weighted by Crippen LogP contribution is -2.41. The van der Waals surface area contributed by atoms with E-state index in [0.717, 1.165) is 0 Å². The van der Waals surface area contributed by atoms with Crippen LogP contribution in [0.25, 0.3) is 0 Å². The Bertz CT molecular complexity index is 654. The van der Waals surface area contributed by atoms with E-state index in [0.29, 0.717) is 24.7 Å². The van der Waals surface area contributed by atoms with Crippen molar-refractivity contribution < 1.29 is 14.3 Å². The third kappa shape index (κ3) is 2.92. The van der Waals surface area contributed by atoms with Gasteiger partial charge in [-0.15, -0.1) is 5.10 Å². The van der Waals surface area contributed by atoms with E-state index in [1.165, 1.54) is 4.68 Å². The molecular formula is C13H13ClN4O3. The van der Waals surface area contributed by atoms with E-state index in [4.69, 9.17) is 21.1 Å². The first-order valence-electron chi connectivity index (χ1n) is 6.36. The highest BCUT2D eigenvalue weighted by Gasteiger charge is 2.22. The molecule has 7 nitrogen and oxygen atoms in total. The lowest BCUT2D eigenvalue weighted by Gasteiger charge is -2.26. The minimum Gasteiger partial charge on any atom is -0.486 e. The van der Waals surface area contributed by atoms with Crippen molar-refractivity contribution in [2.45, 2.75) is 6.10 Å². The summed E-state index contributed by atoms with van der Waals surface area (Å²) in [6, 6.07) is 7.40. The van der Waals surface area contributed by atoms with Gasteiger partial charge in [-0.2, -0.15) is 4.98 Å². The molecule has 0 bridgehead atoms. The van der Waals surface area contributed by atoms with E-state index in [1.54, 1.807) is 7.05 Å². The van der Waals surface area contributed by atoms with Crippen LogP contribution in [0.5, 0.6) is 11.5 Å². The minimum atomic E-state index is -0.403. The largest absolute Gasteiger partial charge is 0.486 e. The topological polar surface area (TPSA) is 78.3 Å². The summed E-state index contributed by atoms with van der Waals surface area (Å²) in [6.07, 6.45) is -0.261. The normalized spacial score (nSPS) is 16.6. The number of hydrogen-bond acceptors (Lipinski definition) is 5. The number of benzene rings is 1. The molecule has 3 rings (SSSR count). The van der Waals surface area contributed by atoms with Gasteiger partial charge in [0.2, 0.25) is 11.1 Å². The van der Waals surface area contributed by atoms with Crippen LogP contribution < -0.4 is 14.8 Å². The highest BCUT2D eigenvalue weighted by molar-refractivity contribution is 6.28. The molecular weight excluding hydrogens is 296 g/mol. The van der Waals surface area contributed by atoms with E-state index in [1.807, 2.05) is 24.3 Å². The van der Waals surface area contributed by atoms with Crippen molar-refractivity contribution in [1.82, 2.24) is 20.1 Å². The van der Waals surface area contributed by atoms with Crippen molar-refractivity contribution in [1.29, 1.82) is 0 Å². The van der Waals surface area contributed by atoms with E-state index in [-0.39, 0.29) is 17.2 Å². The molecule has 1 aromatic carbocycles. The zero-order valence-corrected chi connectivity index (χ0v) is 12.0. The van der Waals surface area contributed by atoms with Gasteiger partial charge in [0.1, 0.15) is 12.7 Å². The fourth-order valence-corrected chi connectivity index (χ4v) is 2.03. The Hall–Kier alpha value is -2.28. The lowest BCUT2D eigenvalue weighted by atomic mass is 10.2. The molecule has 1 aliphatic heterocycles. The van der Waals surface area contributed by atoms with Gasteiger partial charge in [-0.05, 0) is 23.7 Å². The van der Waals surface area contributed by atoms with E-state index >= 15 is 0 Å². The number of nitrogens with one attached hydrogen (secondary N) is 1. The van der Waals surface area contributed by atoms with Crippen LogP contribution in [0.1, 0.15) is 10.6 Å².